The van der Waals surface area contributed by atoms with Crippen LogP contribution in [0.4, 0.5) is 0 Å². The molecule has 0 spiro atoms. The van der Waals surface area contributed by atoms with Gasteiger partial charge in [0, 0.05) is 28.1 Å². The number of benzene rings is 2. The molecule has 0 saturated heterocycles. The third-order valence-electron chi connectivity index (χ3n) is 3.45. The van der Waals surface area contributed by atoms with Crippen molar-refractivity contribution in [3.8, 4) is 5.75 Å². The second kappa shape index (κ2) is 7.14. The highest BCUT2D eigenvalue weighted by molar-refractivity contribution is 6.31. The van der Waals surface area contributed by atoms with Gasteiger partial charge >= 0.3 is 0 Å². The maximum absolute atomic E-state index is 10.7. The molecule has 3 N–H and O–H groups in total. The zero-order chi connectivity index (χ0) is 15.4. The molecule has 3 nitrogen and oxygen atoms in total. The first kappa shape index (κ1) is 16.1. The van der Waals surface area contributed by atoms with E-state index in [-0.39, 0.29) is 12.5 Å². The van der Waals surface area contributed by atoms with Gasteiger partial charge in [-0.2, -0.15) is 0 Å². The van der Waals surface area contributed by atoms with Gasteiger partial charge in [-0.05, 0) is 29.8 Å². The Morgan fingerprint density at radius 2 is 1.86 bits per heavy atom. The third kappa shape index (κ3) is 3.50. The fraction of sp³-hybridized carbons (Fsp3) is 0.250. The van der Waals surface area contributed by atoms with Crippen molar-refractivity contribution in [1.82, 2.24) is 0 Å². The van der Waals surface area contributed by atoms with Gasteiger partial charge < -0.3 is 15.6 Å². The van der Waals surface area contributed by atoms with Crippen LogP contribution in [0.5, 0.6) is 5.75 Å². The van der Waals surface area contributed by atoms with Crippen LogP contribution in [-0.2, 0) is 0 Å². The number of hydrogen-bond acceptors (Lipinski definition) is 3. The van der Waals surface area contributed by atoms with Gasteiger partial charge in [-0.15, -0.1) is 0 Å². The molecule has 112 valence electrons. The van der Waals surface area contributed by atoms with Crippen molar-refractivity contribution in [2.45, 2.75) is 12.0 Å². The predicted molar refractivity (Wildman–Crippen MR) is 86.2 cm³/mol. The summed E-state index contributed by atoms with van der Waals surface area (Å²) in [6, 6.07) is 12.5. The van der Waals surface area contributed by atoms with E-state index in [1.807, 2.05) is 18.2 Å². The number of hydrogen-bond donors (Lipinski definition) is 2. The molecule has 2 aromatic rings. The Bertz CT molecular complexity index is 619. The molecule has 5 heteroatoms. The lowest BCUT2D eigenvalue weighted by Crippen LogP contribution is -2.21. The summed E-state index contributed by atoms with van der Waals surface area (Å²) in [4.78, 5) is 0. The van der Waals surface area contributed by atoms with Crippen LogP contribution in [0.3, 0.4) is 0 Å². The standard InChI is InChI=1S/C16H17Cl2NO2/c1-21-15-7-6-10(17)8-12(15)16(20)13(9-19)11-4-2-3-5-14(11)18/h2-8,13,16,20H,9,19H2,1H3. The average molecular weight is 326 g/mol. The highest BCUT2D eigenvalue weighted by Crippen LogP contribution is 2.38. The molecule has 0 radical (unpaired) electrons. The van der Waals surface area contributed by atoms with Crippen LogP contribution in [0.15, 0.2) is 42.5 Å². The number of rotatable bonds is 5. The van der Waals surface area contributed by atoms with E-state index >= 15 is 0 Å². The van der Waals surface area contributed by atoms with Crippen molar-refractivity contribution in [3.05, 3.63) is 63.6 Å². The summed E-state index contributed by atoms with van der Waals surface area (Å²) in [6.07, 6.45) is -0.858. The summed E-state index contributed by atoms with van der Waals surface area (Å²) in [6.45, 7) is 0.251. The first-order chi connectivity index (χ1) is 10.1. The predicted octanol–water partition coefficient (Wildman–Crippen LogP) is 3.78. The Balaban J connectivity index is 2.44. The van der Waals surface area contributed by atoms with E-state index in [4.69, 9.17) is 33.7 Å². The molecule has 2 rings (SSSR count). The van der Waals surface area contributed by atoms with Gasteiger partial charge in [-0.3, -0.25) is 0 Å². The fourth-order valence-corrected chi connectivity index (χ4v) is 2.81. The molecular formula is C16H17Cl2NO2. The molecule has 0 amide bonds. The number of halogens is 2. The van der Waals surface area contributed by atoms with Crippen LogP contribution >= 0.6 is 23.2 Å². The summed E-state index contributed by atoms with van der Waals surface area (Å²) in [7, 11) is 1.55. The normalized spacial score (nSPS) is 13.8. The summed E-state index contributed by atoms with van der Waals surface area (Å²) in [5.41, 5.74) is 7.25. The minimum Gasteiger partial charge on any atom is -0.496 e. The molecule has 21 heavy (non-hydrogen) atoms. The van der Waals surface area contributed by atoms with E-state index in [0.29, 0.717) is 21.4 Å². The first-order valence-electron chi connectivity index (χ1n) is 6.54. The molecule has 2 aromatic carbocycles. The molecule has 0 heterocycles. The SMILES string of the molecule is COc1ccc(Cl)cc1C(O)C(CN)c1ccccc1Cl. The Labute approximate surface area is 134 Å². The molecule has 2 unspecified atom stereocenters. The van der Waals surface area contributed by atoms with Crippen LogP contribution in [0, 0.1) is 0 Å². The molecule has 0 aromatic heterocycles. The van der Waals surface area contributed by atoms with Gasteiger partial charge in [0.1, 0.15) is 5.75 Å². The molecule has 0 aliphatic carbocycles. The van der Waals surface area contributed by atoms with Gasteiger partial charge in [-0.1, -0.05) is 41.4 Å². The molecule has 0 saturated carbocycles. The highest BCUT2D eigenvalue weighted by Gasteiger charge is 2.26. The fourth-order valence-electron chi connectivity index (χ4n) is 2.35. The van der Waals surface area contributed by atoms with Crippen LogP contribution in [-0.4, -0.2) is 18.8 Å². The van der Waals surface area contributed by atoms with Crippen molar-refractivity contribution in [2.24, 2.45) is 5.73 Å². The van der Waals surface area contributed by atoms with E-state index in [1.165, 1.54) is 0 Å². The number of nitrogens with two attached hydrogens (primary N) is 1. The van der Waals surface area contributed by atoms with Gasteiger partial charge in [0.25, 0.3) is 0 Å². The molecule has 0 aliphatic rings. The summed E-state index contributed by atoms with van der Waals surface area (Å²) < 4.78 is 5.29. The van der Waals surface area contributed by atoms with Crippen molar-refractivity contribution in [2.75, 3.05) is 13.7 Å². The summed E-state index contributed by atoms with van der Waals surface area (Å²) >= 11 is 12.2. The number of ether oxygens (including phenoxy) is 1. The van der Waals surface area contributed by atoms with Crippen LogP contribution in [0.2, 0.25) is 10.0 Å². The Hall–Kier alpha value is -1.26. The van der Waals surface area contributed by atoms with E-state index in [1.54, 1.807) is 31.4 Å². The molecule has 0 fully saturated rings. The third-order valence-corrected chi connectivity index (χ3v) is 4.03. The minimum absolute atomic E-state index is 0.251. The quantitative estimate of drug-likeness (QED) is 0.879. The van der Waals surface area contributed by atoms with E-state index in [9.17, 15) is 5.11 Å². The highest BCUT2D eigenvalue weighted by atomic mass is 35.5. The number of methoxy groups -OCH3 is 1. The summed E-state index contributed by atoms with van der Waals surface area (Å²) in [5.74, 6) is 0.225. The first-order valence-corrected chi connectivity index (χ1v) is 7.30. The van der Waals surface area contributed by atoms with Crippen LogP contribution in [0.1, 0.15) is 23.1 Å². The van der Waals surface area contributed by atoms with E-state index in [0.717, 1.165) is 5.56 Å². The molecule has 0 bridgehead atoms. The monoisotopic (exact) mass is 325 g/mol. The largest absolute Gasteiger partial charge is 0.496 e. The lowest BCUT2D eigenvalue weighted by atomic mass is 9.88. The lowest BCUT2D eigenvalue weighted by Gasteiger charge is -2.24. The maximum atomic E-state index is 10.7. The topological polar surface area (TPSA) is 55.5 Å². The Morgan fingerprint density at radius 1 is 1.14 bits per heavy atom. The smallest absolute Gasteiger partial charge is 0.124 e. The molecule has 0 aliphatic heterocycles. The molecular weight excluding hydrogens is 309 g/mol. The van der Waals surface area contributed by atoms with Crippen LogP contribution < -0.4 is 10.5 Å². The van der Waals surface area contributed by atoms with Crippen LogP contribution in [0.25, 0.3) is 0 Å². The van der Waals surface area contributed by atoms with Crippen molar-refractivity contribution >= 4 is 23.2 Å². The maximum Gasteiger partial charge on any atom is 0.124 e. The average Bonchev–Trinajstić information content (AvgIpc) is 2.49. The second-order valence-corrected chi connectivity index (χ2v) is 5.54. The molecule has 2 atom stereocenters. The number of aliphatic hydroxyl groups is 1. The van der Waals surface area contributed by atoms with Gasteiger partial charge in [0.05, 0.1) is 13.2 Å². The summed E-state index contributed by atoms with van der Waals surface area (Å²) in [5, 5.41) is 11.8. The zero-order valence-corrected chi connectivity index (χ0v) is 13.1. The minimum atomic E-state index is -0.858. The zero-order valence-electron chi connectivity index (χ0n) is 11.6. The van der Waals surface area contributed by atoms with Crippen molar-refractivity contribution in [3.63, 3.8) is 0 Å². The van der Waals surface area contributed by atoms with Gasteiger partial charge in [0.2, 0.25) is 0 Å². The van der Waals surface area contributed by atoms with E-state index in [2.05, 4.69) is 0 Å². The Kier molecular flexibility index (Phi) is 5.48. The Morgan fingerprint density at radius 3 is 2.48 bits per heavy atom. The van der Waals surface area contributed by atoms with E-state index < -0.39 is 6.10 Å². The second-order valence-electron chi connectivity index (χ2n) is 4.69. The van der Waals surface area contributed by atoms with Gasteiger partial charge in [-0.25, -0.2) is 0 Å². The lowest BCUT2D eigenvalue weighted by molar-refractivity contribution is 0.144. The van der Waals surface area contributed by atoms with Crippen molar-refractivity contribution in [1.29, 1.82) is 0 Å². The van der Waals surface area contributed by atoms with Crippen molar-refractivity contribution < 1.29 is 9.84 Å². The number of aliphatic hydroxyl groups excluding tert-OH is 1. The van der Waals surface area contributed by atoms with Gasteiger partial charge in [0.15, 0.2) is 0 Å².